The molecule has 0 aliphatic heterocycles. The highest BCUT2D eigenvalue weighted by atomic mass is 16.5. The van der Waals surface area contributed by atoms with Crippen LogP contribution in [0.5, 0.6) is 0 Å². The van der Waals surface area contributed by atoms with E-state index in [0.29, 0.717) is 12.2 Å². The molecular weight excluding hydrogens is 346 g/mol. The van der Waals surface area contributed by atoms with Gasteiger partial charge >= 0.3 is 11.8 Å². The topological polar surface area (TPSA) is 94.3 Å². The second-order valence-corrected chi connectivity index (χ2v) is 6.64. The number of carbonyl (C=O) groups excluding carboxylic acids is 1. The van der Waals surface area contributed by atoms with Crippen molar-refractivity contribution in [2.45, 2.75) is 33.2 Å². The van der Waals surface area contributed by atoms with Crippen LogP contribution >= 0.6 is 0 Å². The molecule has 4 aromatic rings. The van der Waals surface area contributed by atoms with Crippen molar-refractivity contribution in [1.82, 2.24) is 15.5 Å². The summed E-state index contributed by atoms with van der Waals surface area (Å²) >= 11 is 0. The van der Waals surface area contributed by atoms with Gasteiger partial charge in [-0.3, -0.25) is 4.79 Å². The molecule has 0 radical (unpaired) electrons. The quantitative estimate of drug-likeness (QED) is 0.573. The molecule has 7 nitrogen and oxygen atoms in total. The highest BCUT2D eigenvalue weighted by Gasteiger charge is 2.22. The largest absolute Gasteiger partial charge is 0.469 e. The molecule has 0 aliphatic rings. The first-order valence-corrected chi connectivity index (χ1v) is 8.68. The van der Waals surface area contributed by atoms with Crippen LogP contribution in [0.4, 0.5) is 0 Å². The summed E-state index contributed by atoms with van der Waals surface area (Å²) in [5.41, 5.74) is 2.79. The number of nitrogens with zero attached hydrogens (tertiary/aromatic N) is 2. The van der Waals surface area contributed by atoms with E-state index < -0.39 is 5.91 Å². The standard InChI is InChI=1S/C20H19N3O4/c1-11-6-7-16-15(9-11)13(3)17(26-16)18-22-20(27-23-18)19(24)21-12(2)10-14-5-4-8-25-14/h4-9,12H,10H2,1-3H3,(H,21,24)/t12-/m1/s1. The summed E-state index contributed by atoms with van der Waals surface area (Å²) in [5, 5.41) is 7.73. The zero-order chi connectivity index (χ0) is 19.0. The van der Waals surface area contributed by atoms with Gasteiger partial charge in [-0.05, 0) is 45.0 Å². The Kier molecular flexibility index (Phi) is 4.27. The maximum Gasteiger partial charge on any atom is 0.316 e. The van der Waals surface area contributed by atoms with Gasteiger partial charge in [-0.15, -0.1) is 0 Å². The SMILES string of the molecule is Cc1ccc2oc(-c3noc(C(=O)N[C@H](C)Cc4ccco4)n3)c(C)c2c1. The van der Waals surface area contributed by atoms with Crippen molar-refractivity contribution in [1.29, 1.82) is 0 Å². The Morgan fingerprint density at radius 2 is 2.11 bits per heavy atom. The molecule has 0 spiro atoms. The Morgan fingerprint density at radius 1 is 1.26 bits per heavy atom. The van der Waals surface area contributed by atoms with Crippen molar-refractivity contribution in [2.24, 2.45) is 0 Å². The first-order chi connectivity index (χ1) is 13.0. The molecule has 3 heterocycles. The fraction of sp³-hybridized carbons (Fsp3) is 0.250. The van der Waals surface area contributed by atoms with Crippen LogP contribution < -0.4 is 5.32 Å². The predicted molar refractivity (Wildman–Crippen MR) is 98.3 cm³/mol. The van der Waals surface area contributed by atoms with Crippen molar-refractivity contribution in [3.8, 4) is 11.6 Å². The lowest BCUT2D eigenvalue weighted by Crippen LogP contribution is -2.34. The average Bonchev–Trinajstić information content (AvgIpc) is 3.36. The van der Waals surface area contributed by atoms with E-state index in [1.165, 1.54) is 0 Å². The van der Waals surface area contributed by atoms with E-state index in [-0.39, 0.29) is 17.8 Å². The van der Waals surface area contributed by atoms with E-state index in [2.05, 4.69) is 15.5 Å². The van der Waals surface area contributed by atoms with Crippen molar-refractivity contribution in [2.75, 3.05) is 0 Å². The smallest absolute Gasteiger partial charge is 0.316 e. The third-order valence-corrected chi connectivity index (χ3v) is 4.38. The number of furan rings is 2. The monoisotopic (exact) mass is 365 g/mol. The summed E-state index contributed by atoms with van der Waals surface area (Å²) < 4.78 is 16.3. The lowest BCUT2D eigenvalue weighted by atomic mass is 10.1. The molecular formula is C20H19N3O4. The molecule has 0 bridgehead atoms. The molecule has 1 amide bonds. The van der Waals surface area contributed by atoms with E-state index in [0.717, 1.165) is 27.9 Å². The van der Waals surface area contributed by atoms with Crippen molar-refractivity contribution in [3.05, 3.63) is 59.4 Å². The Hall–Kier alpha value is -3.35. The molecule has 0 fully saturated rings. The summed E-state index contributed by atoms with van der Waals surface area (Å²) in [6, 6.07) is 9.46. The fourth-order valence-electron chi connectivity index (χ4n) is 3.02. The van der Waals surface area contributed by atoms with Gasteiger partial charge in [-0.25, -0.2) is 0 Å². The molecule has 0 unspecified atom stereocenters. The molecule has 1 atom stereocenters. The van der Waals surface area contributed by atoms with Gasteiger partial charge in [-0.1, -0.05) is 16.8 Å². The molecule has 0 saturated heterocycles. The number of amides is 1. The van der Waals surface area contributed by atoms with Gasteiger partial charge in [0.05, 0.1) is 6.26 Å². The zero-order valence-corrected chi connectivity index (χ0v) is 15.3. The van der Waals surface area contributed by atoms with Crippen LogP contribution in [0.3, 0.4) is 0 Å². The number of carbonyl (C=O) groups is 1. The van der Waals surface area contributed by atoms with Gasteiger partial charge in [0.15, 0.2) is 5.76 Å². The van der Waals surface area contributed by atoms with Crippen molar-refractivity contribution < 1.29 is 18.2 Å². The highest BCUT2D eigenvalue weighted by Crippen LogP contribution is 2.31. The Labute approximate surface area is 155 Å². The number of fused-ring (bicyclic) bond motifs is 1. The third kappa shape index (κ3) is 3.36. The summed E-state index contributed by atoms with van der Waals surface area (Å²) in [6.45, 7) is 5.83. The number of hydrogen-bond acceptors (Lipinski definition) is 6. The highest BCUT2D eigenvalue weighted by molar-refractivity contribution is 5.91. The van der Waals surface area contributed by atoms with E-state index in [1.54, 1.807) is 6.26 Å². The Morgan fingerprint density at radius 3 is 2.89 bits per heavy atom. The van der Waals surface area contributed by atoms with Crippen LogP contribution in [-0.2, 0) is 6.42 Å². The van der Waals surface area contributed by atoms with Gasteiger partial charge in [0.2, 0.25) is 5.82 Å². The molecule has 1 N–H and O–H groups in total. The minimum atomic E-state index is -0.433. The van der Waals surface area contributed by atoms with Crippen LogP contribution in [0.2, 0.25) is 0 Å². The lowest BCUT2D eigenvalue weighted by Gasteiger charge is -2.10. The van der Waals surface area contributed by atoms with Gasteiger partial charge < -0.3 is 18.7 Å². The Balaban J connectivity index is 1.53. The number of benzene rings is 1. The minimum Gasteiger partial charge on any atom is -0.469 e. The first-order valence-electron chi connectivity index (χ1n) is 8.68. The maximum absolute atomic E-state index is 12.4. The zero-order valence-electron chi connectivity index (χ0n) is 15.3. The van der Waals surface area contributed by atoms with Gasteiger partial charge in [-0.2, -0.15) is 4.98 Å². The third-order valence-electron chi connectivity index (χ3n) is 4.38. The van der Waals surface area contributed by atoms with Gasteiger partial charge in [0, 0.05) is 23.4 Å². The lowest BCUT2D eigenvalue weighted by molar-refractivity contribution is 0.0895. The number of nitrogens with one attached hydrogen (secondary N) is 1. The van der Waals surface area contributed by atoms with E-state index in [1.807, 2.05) is 51.1 Å². The van der Waals surface area contributed by atoms with Gasteiger partial charge in [0.25, 0.3) is 0 Å². The van der Waals surface area contributed by atoms with E-state index in [4.69, 9.17) is 13.4 Å². The molecule has 7 heteroatoms. The minimum absolute atomic E-state index is 0.104. The number of hydrogen-bond donors (Lipinski definition) is 1. The summed E-state index contributed by atoms with van der Waals surface area (Å²) in [5.74, 6) is 1.01. The maximum atomic E-state index is 12.4. The number of rotatable bonds is 5. The Bertz CT molecular complexity index is 1090. The summed E-state index contributed by atoms with van der Waals surface area (Å²) in [4.78, 5) is 16.6. The summed E-state index contributed by atoms with van der Waals surface area (Å²) in [7, 11) is 0. The van der Waals surface area contributed by atoms with E-state index in [9.17, 15) is 4.79 Å². The molecule has 3 aromatic heterocycles. The first kappa shape index (κ1) is 17.1. The molecule has 27 heavy (non-hydrogen) atoms. The molecule has 0 saturated carbocycles. The molecule has 0 aliphatic carbocycles. The second-order valence-electron chi connectivity index (χ2n) is 6.64. The molecule has 4 rings (SSSR count). The van der Waals surface area contributed by atoms with Crippen LogP contribution in [0.25, 0.3) is 22.6 Å². The second kappa shape index (κ2) is 6.75. The van der Waals surface area contributed by atoms with Crippen molar-refractivity contribution >= 4 is 16.9 Å². The van der Waals surface area contributed by atoms with Crippen LogP contribution in [0.1, 0.15) is 34.5 Å². The summed E-state index contributed by atoms with van der Waals surface area (Å²) in [6.07, 6.45) is 2.17. The van der Waals surface area contributed by atoms with Crippen molar-refractivity contribution in [3.63, 3.8) is 0 Å². The average molecular weight is 365 g/mol. The van der Waals surface area contributed by atoms with E-state index >= 15 is 0 Å². The normalized spacial score (nSPS) is 12.4. The number of aromatic nitrogens is 2. The molecule has 138 valence electrons. The van der Waals surface area contributed by atoms with Gasteiger partial charge in [0.1, 0.15) is 11.3 Å². The fourth-order valence-corrected chi connectivity index (χ4v) is 3.02. The predicted octanol–water partition coefficient (Wildman–Crippen LogP) is 4.05. The van der Waals surface area contributed by atoms with Crippen LogP contribution in [0.15, 0.2) is 50.0 Å². The number of aryl methyl sites for hydroxylation is 2. The van der Waals surface area contributed by atoms with Crippen LogP contribution in [-0.4, -0.2) is 22.1 Å². The van der Waals surface area contributed by atoms with Crippen LogP contribution in [0, 0.1) is 13.8 Å². The molecule has 1 aromatic carbocycles.